The number of amides is 1. The lowest BCUT2D eigenvalue weighted by Crippen LogP contribution is -2.21. The van der Waals surface area contributed by atoms with Gasteiger partial charge >= 0.3 is 0 Å². The lowest BCUT2D eigenvalue weighted by Gasteiger charge is -2.21. The summed E-state index contributed by atoms with van der Waals surface area (Å²) in [5.74, 6) is 0.431. The highest BCUT2D eigenvalue weighted by molar-refractivity contribution is 6.04. The quantitative estimate of drug-likeness (QED) is 0.911. The largest absolute Gasteiger partial charge is 0.370 e. The van der Waals surface area contributed by atoms with Gasteiger partial charge < -0.3 is 10.2 Å². The molecule has 5 heteroatoms. The van der Waals surface area contributed by atoms with Gasteiger partial charge in [-0.2, -0.15) is 5.10 Å². The number of anilines is 2. The van der Waals surface area contributed by atoms with Crippen molar-refractivity contribution in [2.45, 2.75) is 31.6 Å². The number of carbonyl (C=O) groups is 1. The first-order valence-electron chi connectivity index (χ1n) is 8.02. The van der Waals surface area contributed by atoms with Gasteiger partial charge in [0.15, 0.2) is 5.69 Å². The van der Waals surface area contributed by atoms with Gasteiger partial charge in [0.2, 0.25) is 0 Å². The van der Waals surface area contributed by atoms with Crippen molar-refractivity contribution in [2.75, 3.05) is 23.3 Å². The van der Waals surface area contributed by atoms with Crippen LogP contribution in [0.5, 0.6) is 0 Å². The van der Waals surface area contributed by atoms with Gasteiger partial charge in [0, 0.05) is 24.7 Å². The summed E-state index contributed by atoms with van der Waals surface area (Å²) in [5, 5.41) is 10.1. The van der Waals surface area contributed by atoms with Crippen LogP contribution in [0.25, 0.3) is 0 Å². The third kappa shape index (κ3) is 2.58. The van der Waals surface area contributed by atoms with E-state index in [1.54, 1.807) is 0 Å². The Bertz CT molecular complexity index is 683. The standard InChI is InChI=1S/C17H20N4O/c22-17(15-11-14(19-20-15)12-7-8-12)18-13-5-1-2-6-16(13)21-9-3-4-10-21/h1-2,5-6,11-12H,3-4,7-10H2,(H,18,22)(H,19,20). The lowest BCUT2D eigenvalue weighted by atomic mass is 10.2. The second kappa shape index (κ2) is 5.48. The lowest BCUT2D eigenvalue weighted by molar-refractivity contribution is 0.102. The molecule has 1 saturated carbocycles. The average Bonchev–Trinajstić information content (AvgIpc) is 3.05. The molecule has 2 aliphatic rings. The van der Waals surface area contributed by atoms with Crippen molar-refractivity contribution in [2.24, 2.45) is 0 Å². The molecule has 1 aliphatic carbocycles. The van der Waals surface area contributed by atoms with E-state index in [1.807, 2.05) is 24.3 Å². The molecule has 2 N–H and O–H groups in total. The van der Waals surface area contributed by atoms with Gasteiger partial charge in [-0.1, -0.05) is 12.1 Å². The molecule has 0 radical (unpaired) electrons. The number of nitrogens with one attached hydrogen (secondary N) is 2. The highest BCUT2D eigenvalue weighted by Gasteiger charge is 2.26. The molecule has 0 bridgehead atoms. The molecule has 5 nitrogen and oxygen atoms in total. The number of nitrogens with zero attached hydrogens (tertiary/aromatic N) is 2. The number of carbonyl (C=O) groups excluding carboxylic acids is 1. The Kier molecular flexibility index (Phi) is 3.33. The number of hydrogen-bond acceptors (Lipinski definition) is 3. The van der Waals surface area contributed by atoms with Crippen molar-refractivity contribution < 1.29 is 4.79 Å². The predicted molar refractivity (Wildman–Crippen MR) is 86.4 cm³/mol. The Morgan fingerprint density at radius 1 is 1.23 bits per heavy atom. The van der Waals surface area contributed by atoms with Crippen LogP contribution >= 0.6 is 0 Å². The third-order valence-corrected chi connectivity index (χ3v) is 4.45. The normalized spacial score (nSPS) is 17.7. The van der Waals surface area contributed by atoms with E-state index in [2.05, 4.69) is 26.5 Å². The van der Waals surface area contributed by atoms with Gasteiger partial charge in [0.25, 0.3) is 5.91 Å². The van der Waals surface area contributed by atoms with Crippen LogP contribution in [0.2, 0.25) is 0 Å². The van der Waals surface area contributed by atoms with Crippen LogP contribution in [0.15, 0.2) is 30.3 Å². The summed E-state index contributed by atoms with van der Waals surface area (Å²) < 4.78 is 0. The molecule has 1 saturated heterocycles. The maximum Gasteiger partial charge on any atom is 0.276 e. The van der Waals surface area contributed by atoms with Crippen molar-refractivity contribution in [1.82, 2.24) is 10.2 Å². The molecule has 0 atom stereocenters. The van der Waals surface area contributed by atoms with E-state index in [1.165, 1.54) is 25.7 Å². The zero-order chi connectivity index (χ0) is 14.9. The van der Waals surface area contributed by atoms with E-state index in [4.69, 9.17) is 0 Å². The Morgan fingerprint density at radius 3 is 2.77 bits per heavy atom. The highest BCUT2D eigenvalue weighted by Crippen LogP contribution is 2.39. The van der Waals surface area contributed by atoms with Gasteiger partial charge in [-0.05, 0) is 43.9 Å². The SMILES string of the molecule is O=C(Nc1ccccc1N1CCCC1)c1cc(C2CC2)[nH]n1. The van der Waals surface area contributed by atoms with Gasteiger partial charge in [-0.25, -0.2) is 0 Å². The van der Waals surface area contributed by atoms with Gasteiger partial charge in [-0.15, -0.1) is 0 Å². The Morgan fingerprint density at radius 2 is 2.00 bits per heavy atom. The number of aromatic amines is 1. The second-order valence-corrected chi connectivity index (χ2v) is 6.15. The summed E-state index contributed by atoms with van der Waals surface area (Å²) in [6.07, 6.45) is 4.82. The number of H-pyrrole nitrogens is 1. The molecule has 0 spiro atoms. The molecule has 1 aromatic carbocycles. The fraction of sp³-hybridized carbons (Fsp3) is 0.412. The first-order valence-corrected chi connectivity index (χ1v) is 8.02. The van der Waals surface area contributed by atoms with Crippen molar-refractivity contribution >= 4 is 17.3 Å². The molecule has 1 amide bonds. The maximum atomic E-state index is 12.4. The van der Waals surface area contributed by atoms with Crippen LogP contribution in [-0.2, 0) is 0 Å². The topological polar surface area (TPSA) is 61.0 Å². The minimum atomic E-state index is -0.144. The van der Waals surface area contributed by atoms with E-state index in [-0.39, 0.29) is 5.91 Å². The Labute approximate surface area is 129 Å². The number of rotatable bonds is 4. The fourth-order valence-corrected chi connectivity index (χ4v) is 3.06. The smallest absolute Gasteiger partial charge is 0.276 e. The van der Waals surface area contributed by atoms with Crippen molar-refractivity contribution in [1.29, 1.82) is 0 Å². The van der Waals surface area contributed by atoms with Crippen LogP contribution in [-0.4, -0.2) is 29.2 Å². The van der Waals surface area contributed by atoms with E-state index in [0.29, 0.717) is 11.6 Å². The number of benzene rings is 1. The van der Waals surface area contributed by atoms with E-state index in [9.17, 15) is 4.79 Å². The number of aromatic nitrogens is 2. The van der Waals surface area contributed by atoms with Crippen molar-refractivity contribution in [3.63, 3.8) is 0 Å². The monoisotopic (exact) mass is 296 g/mol. The van der Waals surface area contributed by atoms with Gasteiger partial charge in [-0.3, -0.25) is 9.89 Å². The Hall–Kier alpha value is -2.30. The van der Waals surface area contributed by atoms with Gasteiger partial charge in [0.1, 0.15) is 0 Å². The average molecular weight is 296 g/mol. The van der Waals surface area contributed by atoms with Crippen LogP contribution < -0.4 is 10.2 Å². The van der Waals surface area contributed by atoms with E-state index in [0.717, 1.165) is 30.2 Å². The summed E-state index contributed by atoms with van der Waals surface area (Å²) in [6, 6.07) is 9.88. The summed E-state index contributed by atoms with van der Waals surface area (Å²) in [4.78, 5) is 14.8. The zero-order valence-electron chi connectivity index (χ0n) is 12.5. The predicted octanol–water partition coefficient (Wildman–Crippen LogP) is 3.14. The van der Waals surface area contributed by atoms with Crippen LogP contribution in [0.3, 0.4) is 0 Å². The van der Waals surface area contributed by atoms with Crippen LogP contribution in [0, 0.1) is 0 Å². The first-order chi connectivity index (χ1) is 10.8. The molecule has 2 aromatic rings. The first kappa shape index (κ1) is 13.4. The minimum absolute atomic E-state index is 0.144. The highest BCUT2D eigenvalue weighted by atomic mass is 16.1. The van der Waals surface area contributed by atoms with Gasteiger partial charge in [0.05, 0.1) is 11.4 Å². The third-order valence-electron chi connectivity index (χ3n) is 4.45. The molecule has 22 heavy (non-hydrogen) atoms. The fourth-order valence-electron chi connectivity index (χ4n) is 3.06. The molecule has 114 valence electrons. The molecular weight excluding hydrogens is 276 g/mol. The summed E-state index contributed by atoms with van der Waals surface area (Å²) in [7, 11) is 0. The molecule has 1 aromatic heterocycles. The molecular formula is C17H20N4O. The molecule has 0 unspecified atom stereocenters. The summed E-state index contributed by atoms with van der Waals surface area (Å²) in [6.45, 7) is 2.11. The van der Waals surface area contributed by atoms with Crippen molar-refractivity contribution in [3.05, 3.63) is 41.7 Å². The minimum Gasteiger partial charge on any atom is -0.370 e. The van der Waals surface area contributed by atoms with Crippen LogP contribution in [0.1, 0.15) is 47.8 Å². The number of para-hydroxylation sites is 2. The van der Waals surface area contributed by atoms with Crippen LogP contribution in [0.4, 0.5) is 11.4 Å². The Balaban J connectivity index is 1.53. The zero-order valence-corrected chi connectivity index (χ0v) is 12.5. The summed E-state index contributed by atoms with van der Waals surface area (Å²) >= 11 is 0. The van der Waals surface area contributed by atoms with Crippen molar-refractivity contribution in [3.8, 4) is 0 Å². The molecule has 1 aliphatic heterocycles. The second-order valence-electron chi connectivity index (χ2n) is 6.15. The molecule has 2 fully saturated rings. The molecule has 4 rings (SSSR count). The molecule has 2 heterocycles. The summed E-state index contributed by atoms with van der Waals surface area (Å²) in [5.41, 5.74) is 3.52. The van der Waals surface area contributed by atoms with E-state index >= 15 is 0 Å². The van der Waals surface area contributed by atoms with E-state index < -0.39 is 0 Å². The number of hydrogen-bond donors (Lipinski definition) is 2. The maximum absolute atomic E-state index is 12.4.